The van der Waals surface area contributed by atoms with E-state index in [2.05, 4.69) is 10.3 Å². The van der Waals surface area contributed by atoms with Gasteiger partial charge in [0.15, 0.2) is 0 Å². The molecule has 1 heterocycles. The van der Waals surface area contributed by atoms with Crippen molar-refractivity contribution in [3.63, 3.8) is 0 Å². The van der Waals surface area contributed by atoms with E-state index in [4.69, 9.17) is 11.6 Å². The number of hydrogen-bond acceptors (Lipinski definition) is 3. The zero-order chi connectivity index (χ0) is 11.5. The van der Waals surface area contributed by atoms with Gasteiger partial charge in [-0.1, -0.05) is 11.6 Å². The molecule has 0 radical (unpaired) electrons. The summed E-state index contributed by atoms with van der Waals surface area (Å²) in [5.74, 6) is 0.888. The van der Waals surface area contributed by atoms with Gasteiger partial charge >= 0.3 is 0 Å². The van der Waals surface area contributed by atoms with Gasteiger partial charge in [-0.3, -0.25) is 0 Å². The van der Waals surface area contributed by atoms with E-state index in [0.29, 0.717) is 16.5 Å². The summed E-state index contributed by atoms with van der Waals surface area (Å²) in [4.78, 5) is 4.20. The largest absolute Gasteiger partial charge is 0.506 e. The molecule has 0 aliphatic heterocycles. The second-order valence-electron chi connectivity index (χ2n) is 3.43. The van der Waals surface area contributed by atoms with Crippen LogP contribution in [0.15, 0.2) is 36.4 Å². The Hall–Kier alpha value is -1.74. The number of nitrogens with zero attached hydrogens (tertiary/aromatic N) is 1. The van der Waals surface area contributed by atoms with E-state index in [9.17, 15) is 5.11 Å². The summed E-state index contributed by atoms with van der Waals surface area (Å²) in [6.07, 6.45) is 0. The summed E-state index contributed by atoms with van der Waals surface area (Å²) in [7, 11) is 0. The number of aryl methyl sites for hydroxylation is 1. The van der Waals surface area contributed by atoms with Gasteiger partial charge in [-0.05, 0) is 43.3 Å². The first-order valence-corrected chi connectivity index (χ1v) is 5.22. The highest BCUT2D eigenvalue weighted by atomic mass is 35.5. The number of nitrogens with one attached hydrogen (secondary N) is 1. The molecule has 16 heavy (non-hydrogen) atoms. The van der Waals surface area contributed by atoms with Crippen LogP contribution in [0.25, 0.3) is 0 Å². The van der Waals surface area contributed by atoms with Crippen molar-refractivity contribution in [2.24, 2.45) is 0 Å². The number of aromatic nitrogens is 1. The van der Waals surface area contributed by atoms with E-state index in [1.54, 1.807) is 31.2 Å². The topological polar surface area (TPSA) is 45.2 Å². The molecule has 0 fully saturated rings. The van der Waals surface area contributed by atoms with Crippen LogP contribution in [0.5, 0.6) is 5.75 Å². The van der Waals surface area contributed by atoms with Crippen LogP contribution in [-0.4, -0.2) is 10.1 Å². The molecule has 2 rings (SSSR count). The Kier molecular flexibility index (Phi) is 2.97. The molecule has 1 aromatic carbocycles. The fourth-order valence-electron chi connectivity index (χ4n) is 1.30. The van der Waals surface area contributed by atoms with Gasteiger partial charge in [-0.15, -0.1) is 0 Å². The quantitative estimate of drug-likeness (QED) is 0.836. The highest BCUT2D eigenvalue weighted by molar-refractivity contribution is 6.30. The lowest BCUT2D eigenvalue weighted by molar-refractivity contribution is 0.468. The summed E-state index contributed by atoms with van der Waals surface area (Å²) >= 11 is 5.78. The number of hydrogen-bond donors (Lipinski definition) is 2. The zero-order valence-corrected chi connectivity index (χ0v) is 9.49. The third-order valence-electron chi connectivity index (χ3n) is 2.17. The molecule has 3 nitrogen and oxygen atoms in total. The van der Waals surface area contributed by atoms with Gasteiger partial charge in [0.25, 0.3) is 0 Å². The minimum Gasteiger partial charge on any atom is -0.506 e. The molecule has 2 N–H and O–H groups in total. The smallest absolute Gasteiger partial charge is 0.136 e. The number of aromatic hydroxyl groups is 1. The first kappa shape index (κ1) is 10.8. The van der Waals surface area contributed by atoms with E-state index in [0.717, 1.165) is 5.69 Å². The molecule has 0 bridgehead atoms. The molecule has 1 aromatic heterocycles. The molecule has 2 aromatic rings. The minimum absolute atomic E-state index is 0.196. The molecule has 0 atom stereocenters. The van der Waals surface area contributed by atoms with Crippen molar-refractivity contribution in [2.45, 2.75) is 6.92 Å². The number of anilines is 2. The molecule has 0 unspecified atom stereocenters. The lowest BCUT2D eigenvalue weighted by Crippen LogP contribution is -1.94. The molecular weight excluding hydrogens is 224 g/mol. The lowest BCUT2D eigenvalue weighted by Gasteiger charge is -2.06. The number of benzene rings is 1. The normalized spacial score (nSPS) is 10.1. The Balaban J connectivity index is 2.20. The Morgan fingerprint density at radius 3 is 2.44 bits per heavy atom. The SMILES string of the molecule is Cc1nc(Nc2ccc(Cl)cc2)ccc1O. The van der Waals surface area contributed by atoms with E-state index in [1.165, 1.54) is 0 Å². The Labute approximate surface area is 98.7 Å². The number of rotatable bonds is 2. The Bertz CT molecular complexity index is 497. The van der Waals surface area contributed by atoms with E-state index in [-0.39, 0.29) is 5.75 Å². The third kappa shape index (κ3) is 2.44. The Morgan fingerprint density at radius 1 is 1.12 bits per heavy atom. The summed E-state index contributed by atoms with van der Waals surface area (Å²) < 4.78 is 0. The van der Waals surface area contributed by atoms with Crippen LogP contribution in [0, 0.1) is 6.92 Å². The van der Waals surface area contributed by atoms with Crippen molar-refractivity contribution in [3.8, 4) is 5.75 Å². The summed E-state index contributed by atoms with van der Waals surface area (Å²) in [5, 5.41) is 13.2. The van der Waals surface area contributed by atoms with Gasteiger partial charge in [0.05, 0.1) is 5.69 Å². The van der Waals surface area contributed by atoms with Crippen LogP contribution < -0.4 is 5.32 Å². The maximum atomic E-state index is 9.34. The van der Waals surface area contributed by atoms with Gasteiger partial charge in [0, 0.05) is 10.7 Å². The highest BCUT2D eigenvalue weighted by Crippen LogP contribution is 2.20. The van der Waals surface area contributed by atoms with Crippen molar-refractivity contribution < 1.29 is 5.11 Å². The third-order valence-corrected chi connectivity index (χ3v) is 2.43. The fourth-order valence-corrected chi connectivity index (χ4v) is 1.43. The van der Waals surface area contributed by atoms with Gasteiger partial charge in [-0.2, -0.15) is 0 Å². The van der Waals surface area contributed by atoms with Gasteiger partial charge in [0.1, 0.15) is 11.6 Å². The Morgan fingerprint density at radius 2 is 1.81 bits per heavy atom. The fraction of sp³-hybridized carbons (Fsp3) is 0.0833. The minimum atomic E-state index is 0.196. The molecule has 0 aliphatic rings. The molecule has 0 amide bonds. The first-order chi connectivity index (χ1) is 7.65. The van der Waals surface area contributed by atoms with Crippen molar-refractivity contribution >= 4 is 23.1 Å². The van der Waals surface area contributed by atoms with Crippen LogP contribution >= 0.6 is 11.6 Å². The number of halogens is 1. The molecule has 0 saturated carbocycles. The van der Waals surface area contributed by atoms with Crippen molar-refractivity contribution in [2.75, 3.05) is 5.32 Å². The van der Waals surface area contributed by atoms with Crippen LogP contribution in [0.2, 0.25) is 5.02 Å². The van der Waals surface area contributed by atoms with Gasteiger partial charge in [-0.25, -0.2) is 4.98 Å². The standard InChI is InChI=1S/C12H11ClN2O/c1-8-11(16)6-7-12(14-8)15-10-4-2-9(13)3-5-10/h2-7,16H,1H3,(H,14,15). The second-order valence-corrected chi connectivity index (χ2v) is 3.87. The van der Waals surface area contributed by atoms with Crippen LogP contribution in [0.3, 0.4) is 0 Å². The van der Waals surface area contributed by atoms with Crippen molar-refractivity contribution in [1.82, 2.24) is 4.98 Å². The molecule has 0 aliphatic carbocycles. The highest BCUT2D eigenvalue weighted by Gasteiger charge is 2.00. The molecule has 0 spiro atoms. The van der Waals surface area contributed by atoms with Crippen LogP contribution in [0.1, 0.15) is 5.69 Å². The molecule has 0 saturated heterocycles. The predicted molar refractivity (Wildman–Crippen MR) is 65.4 cm³/mol. The van der Waals surface area contributed by atoms with E-state index >= 15 is 0 Å². The van der Waals surface area contributed by atoms with Crippen LogP contribution in [0.4, 0.5) is 11.5 Å². The second kappa shape index (κ2) is 4.41. The maximum absolute atomic E-state index is 9.34. The monoisotopic (exact) mass is 234 g/mol. The summed E-state index contributed by atoms with van der Waals surface area (Å²) in [6, 6.07) is 10.7. The van der Waals surface area contributed by atoms with Gasteiger partial charge in [0.2, 0.25) is 0 Å². The first-order valence-electron chi connectivity index (χ1n) is 4.84. The lowest BCUT2D eigenvalue weighted by atomic mass is 10.3. The average molecular weight is 235 g/mol. The zero-order valence-electron chi connectivity index (χ0n) is 8.74. The molecule has 82 valence electrons. The van der Waals surface area contributed by atoms with Crippen molar-refractivity contribution in [1.29, 1.82) is 0 Å². The van der Waals surface area contributed by atoms with Crippen LogP contribution in [-0.2, 0) is 0 Å². The van der Waals surface area contributed by atoms with E-state index < -0.39 is 0 Å². The molecule has 4 heteroatoms. The van der Waals surface area contributed by atoms with Crippen molar-refractivity contribution in [3.05, 3.63) is 47.1 Å². The summed E-state index contributed by atoms with van der Waals surface area (Å²) in [6.45, 7) is 1.75. The maximum Gasteiger partial charge on any atom is 0.136 e. The summed E-state index contributed by atoms with van der Waals surface area (Å²) in [5.41, 5.74) is 1.50. The average Bonchev–Trinajstić information content (AvgIpc) is 2.27. The van der Waals surface area contributed by atoms with E-state index in [1.807, 2.05) is 12.1 Å². The van der Waals surface area contributed by atoms with Gasteiger partial charge < -0.3 is 10.4 Å². The number of pyridine rings is 1. The molecular formula is C12H11ClN2O. The predicted octanol–water partition coefficient (Wildman–Crippen LogP) is 3.49.